The van der Waals surface area contributed by atoms with Gasteiger partial charge in [-0.15, -0.1) is 0 Å². The van der Waals surface area contributed by atoms with Crippen LogP contribution in [0, 0.1) is 6.92 Å². The fourth-order valence-electron chi connectivity index (χ4n) is 2.27. The summed E-state index contributed by atoms with van der Waals surface area (Å²) in [7, 11) is 0. The van der Waals surface area contributed by atoms with Crippen LogP contribution in [0.15, 0.2) is 47.3 Å². The number of anilines is 1. The second kappa shape index (κ2) is 7.52. The fourth-order valence-corrected chi connectivity index (χ4v) is 2.54. The third-order valence-electron chi connectivity index (χ3n) is 3.58. The molecule has 8 heteroatoms. The van der Waals surface area contributed by atoms with E-state index in [4.69, 9.17) is 4.74 Å². The van der Waals surface area contributed by atoms with Gasteiger partial charge in [-0.1, -0.05) is 15.9 Å². The van der Waals surface area contributed by atoms with Gasteiger partial charge in [-0.3, -0.25) is 9.48 Å². The van der Waals surface area contributed by atoms with E-state index in [9.17, 15) is 4.79 Å². The molecule has 25 heavy (non-hydrogen) atoms. The predicted molar refractivity (Wildman–Crippen MR) is 97.6 cm³/mol. The van der Waals surface area contributed by atoms with Crippen LogP contribution in [0.4, 0.5) is 5.69 Å². The maximum atomic E-state index is 12.3. The third kappa shape index (κ3) is 4.27. The van der Waals surface area contributed by atoms with Crippen LogP contribution in [0.1, 0.15) is 23.0 Å². The standard InChI is InChI=1S/C17H18BrN5O2/c1-3-22-10-16(12(2)21-22)17(24)20-14-8-19-23(9-14)11-25-15-6-4-13(18)5-7-15/h4-10H,3,11H2,1-2H3,(H,20,24). The number of ether oxygens (including phenoxy) is 1. The number of carbonyl (C=O) groups excluding carboxylic acids is 1. The van der Waals surface area contributed by atoms with Gasteiger partial charge < -0.3 is 10.1 Å². The molecule has 0 atom stereocenters. The number of nitrogens with zero attached hydrogens (tertiary/aromatic N) is 4. The average molecular weight is 404 g/mol. The highest BCUT2D eigenvalue weighted by Gasteiger charge is 2.14. The van der Waals surface area contributed by atoms with Crippen LogP contribution in [-0.2, 0) is 13.3 Å². The number of rotatable bonds is 6. The zero-order chi connectivity index (χ0) is 17.8. The fraction of sp³-hybridized carbons (Fsp3) is 0.235. The third-order valence-corrected chi connectivity index (χ3v) is 4.11. The number of aromatic nitrogens is 4. The van der Waals surface area contributed by atoms with Gasteiger partial charge in [-0.2, -0.15) is 10.2 Å². The van der Waals surface area contributed by atoms with Gasteiger partial charge >= 0.3 is 0 Å². The van der Waals surface area contributed by atoms with E-state index in [1.807, 2.05) is 38.1 Å². The highest BCUT2D eigenvalue weighted by atomic mass is 79.9. The number of nitrogens with one attached hydrogen (secondary N) is 1. The maximum absolute atomic E-state index is 12.3. The van der Waals surface area contributed by atoms with Gasteiger partial charge in [0.1, 0.15) is 5.75 Å². The molecule has 0 saturated carbocycles. The molecule has 1 N–H and O–H groups in total. The molecule has 7 nitrogen and oxygen atoms in total. The lowest BCUT2D eigenvalue weighted by Crippen LogP contribution is -2.12. The minimum atomic E-state index is -0.203. The van der Waals surface area contributed by atoms with Crippen molar-refractivity contribution in [3.05, 3.63) is 58.6 Å². The van der Waals surface area contributed by atoms with Crippen LogP contribution >= 0.6 is 15.9 Å². The summed E-state index contributed by atoms with van der Waals surface area (Å²) in [6.07, 6.45) is 5.05. The molecule has 0 fully saturated rings. The Labute approximate surface area is 153 Å². The number of carbonyl (C=O) groups is 1. The zero-order valence-corrected chi connectivity index (χ0v) is 15.5. The molecule has 1 amide bonds. The second-order valence-corrected chi connectivity index (χ2v) is 6.35. The van der Waals surface area contributed by atoms with Gasteiger partial charge in [-0.05, 0) is 38.1 Å². The summed E-state index contributed by atoms with van der Waals surface area (Å²) < 4.78 is 9.98. The molecule has 3 aromatic rings. The number of hydrogen-bond acceptors (Lipinski definition) is 4. The van der Waals surface area contributed by atoms with Crippen molar-refractivity contribution in [1.29, 1.82) is 0 Å². The van der Waals surface area contributed by atoms with E-state index in [-0.39, 0.29) is 12.6 Å². The van der Waals surface area contributed by atoms with Gasteiger partial charge in [-0.25, -0.2) is 4.68 Å². The Bertz CT molecular complexity index is 870. The van der Waals surface area contributed by atoms with E-state index in [1.54, 1.807) is 28.0 Å². The van der Waals surface area contributed by atoms with Crippen molar-refractivity contribution >= 4 is 27.5 Å². The minimum Gasteiger partial charge on any atom is -0.471 e. The molecule has 0 spiro atoms. The molecule has 2 aromatic heterocycles. The van der Waals surface area contributed by atoms with Crippen LogP contribution in [-0.4, -0.2) is 25.5 Å². The number of halogens is 1. The Hall–Kier alpha value is -2.61. The van der Waals surface area contributed by atoms with Crippen molar-refractivity contribution in [2.45, 2.75) is 27.1 Å². The molecular weight excluding hydrogens is 386 g/mol. The number of amides is 1. The molecule has 3 rings (SSSR count). The quantitative estimate of drug-likeness (QED) is 0.683. The Morgan fingerprint density at radius 1 is 1.24 bits per heavy atom. The summed E-state index contributed by atoms with van der Waals surface area (Å²) >= 11 is 3.38. The summed E-state index contributed by atoms with van der Waals surface area (Å²) in [6, 6.07) is 7.54. The average Bonchev–Trinajstić information content (AvgIpc) is 3.20. The number of benzene rings is 1. The van der Waals surface area contributed by atoms with Crippen molar-refractivity contribution in [3.63, 3.8) is 0 Å². The summed E-state index contributed by atoms with van der Waals surface area (Å²) in [5.74, 6) is 0.539. The highest BCUT2D eigenvalue weighted by molar-refractivity contribution is 9.10. The van der Waals surface area contributed by atoms with Crippen molar-refractivity contribution in [3.8, 4) is 5.75 Å². The highest BCUT2D eigenvalue weighted by Crippen LogP contribution is 2.17. The molecule has 0 aliphatic carbocycles. The van der Waals surface area contributed by atoms with Crippen LogP contribution in [0.5, 0.6) is 5.75 Å². The molecular formula is C17H18BrN5O2. The van der Waals surface area contributed by atoms with Gasteiger partial charge in [0.25, 0.3) is 5.91 Å². The molecule has 0 bridgehead atoms. The van der Waals surface area contributed by atoms with Crippen molar-refractivity contribution < 1.29 is 9.53 Å². The second-order valence-electron chi connectivity index (χ2n) is 5.43. The first-order chi connectivity index (χ1) is 12.0. The van der Waals surface area contributed by atoms with Gasteiger partial charge in [0, 0.05) is 17.2 Å². The van der Waals surface area contributed by atoms with E-state index >= 15 is 0 Å². The molecule has 0 aliphatic rings. The lowest BCUT2D eigenvalue weighted by atomic mass is 10.2. The maximum Gasteiger partial charge on any atom is 0.259 e. The predicted octanol–water partition coefficient (Wildman–Crippen LogP) is 3.46. The monoisotopic (exact) mass is 403 g/mol. The molecule has 130 valence electrons. The Kier molecular flexibility index (Phi) is 5.18. The van der Waals surface area contributed by atoms with Crippen LogP contribution in [0.3, 0.4) is 0 Å². The van der Waals surface area contributed by atoms with Gasteiger partial charge in [0.05, 0.1) is 29.3 Å². The van der Waals surface area contributed by atoms with Crippen LogP contribution < -0.4 is 10.1 Å². The first-order valence-corrected chi connectivity index (χ1v) is 8.60. The lowest BCUT2D eigenvalue weighted by Gasteiger charge is -2.06. The summed E-state index contributed by atoms with van der Waals surface area (Å²) in [5, 5.41) is 11.3. The van der Waals surface area contributed by atoms with E-state index in [1.165, 1.54) is 0 Å². The van der Waals surface area contributed by atoms with Crippen molar-refractivity contribution in [1.82, 2.24) is 19.6 Å². The van der Waals surface area contributed by atoms with E-state index < -0.39 is 0 Å². The number of hydrogen-bond donors (Lipinski definition) is 1. The molecule has 0 radical (unpaired) electrons. The van der Waals surface area contributed by atoms with Crippen molar-refractivity contribution in [2.75, 3.05) is 5.32 Å². The van der Waals surface area contributed by atoms with Crippen molar-refractivity contribution in [2.24, 2.45) is 0 Å². The normalized spacial score (nSPS) is 10.7. The molecule has 0 unspecified atom stereocenters. The molecule has 0 aliphatic heterocycles. The summed E-state index contributed by atoms with van der Waals surface area (Å²) in [6.45, 7) is 4.77. The van der Waals surface area contributed by atoms with Gasteiger partial charge in [0.2, 0.25) is 0 Å². The Morgan fingerprint density at radius 2 is 2.00 bits per heavy atom. The van der Waals surface area contributed by atoms with E-state index in [0.717, 1.165) is 16.8 Å². The SMILES string of the molecule is CCn1cc(C(=O)Nc2cnn(COc3ccc(Br)cc3)c2)c(C)n1. The Balaban J connectivity index is 1.60. The zero-order valence-electron chi connectivity index (χ0n) is 13.9. The topological polar surface area (TPSA) is 74.0 Å². The summed E-state index contributed by atoms with van der Waals surface area (Å²) in [5.41, 5.74) is 1.86. The Morgan fingerprint density at radius 3 is 2.68 bits per heavy atom. The minimum absolute atomic E-state index is 0.203. The molecule has 2 heterocycles. The molecule has 0 saturated heterocycles. The van der Waals surface area contributed by atoms with Crippen LogP contribution in [0.2, 0.25) is 0 Å². The first kappa shape index (κ1) is 17.2. The largest absolute Gasteiger partial charge is 0.471 e. The molecule has 1 aromatic carbocycles. The van der Waals surface area contributed by atoms with E-state index in [0.29, 0.717) is 16.9 Å². The van der Waals surface area contributed by atoms with Crippen LogP contribution in [0.25, 0.3) is 0 Å². The van der Waals surface area contributed by atoms with Gasteiger partial charge in [0.15, 0.2) is 6.73 Å². The first-order valence-electron chi connectivity index (χ1n) is 7.81. The lowest BCUT2D eigenvalue weighted by molar-refractivity contribution is 0.102. The smallest absolute Gasteiger partial charge is 0.259 e. The van der Waals surface area contributed by atoms with E-state index in [2.05, 4.69) is 31.4 Å². The number of aryl methyl sites for hydroxylation is 2. The summed E-state index contributed by atoms with van der Waals surface area (Å²) in [4.78, 5) is 12.3.